The number of benzene rings is 1. The van der Waals surface area contributed by atoms with Crippen LogP contribution in [0.1, 0.15) is 26.3 Å². The van der Waals surface area contributed by atoms with Crippen LogP contribution in [-0.4, -0.2) is 45.5 Å². The van der Waals surface area contributed by atoms with Gasteiger partial charge in [-0.2, -0.15) is 8.78 Å². The summed E-state index contributed by atoms with van der Waals surface area (Å²) in [6, 6.07) is 4.91. The Morgan fingerprint density at radius 2 is 1.96 bits per heavy atom. The predicted molar refractivity (Wildman–Crippen MR) is 109 cm³/mol. The van der Waals surface area contributed by atoms with Crippen LogP contribution in [0, 0.1) is 0 Å². The molecule has 0 aliphatic carbocycles. The Morgan fingerprint density at radius 1 is 1.23 bits per heavy atom. The lowest BCUT2D eigenvalue weighted by Gasteiger charge is -2.17. The van der Waals surface area contributed by atoms with Crippen LogP contribution in [0.25, 0.3) is 0 Å². The van der Waals surface area contributed by atoms with E-state index in [0.29, 0.717) is 25.7 Å². The van der Waals surface area contributed by atoms with E-state index in [1.54, 1.807) is 26.2 Å². The number of guanidine groups is 1. The van der Waals surface area contributed by atoms with Crippen LogP contribution in [0.3, 0.4) is 0 Å². The lowest BCUT2D eigenvalue weighted by Crippen LogP contribution is -2.43. The van der Waals surface area contributed by atoms with Gasteiger partial charge in [0.05, 0.1) is 19.8 Å². The Labute approximate surface area is 170 Å². The zero-order valence-corrected chi connectivity index (χ0v) is 17.9. The van der Waals surface area contributed by atoms with Gasteiger partial charge in [0.25, 0.3) is 0 Å². The molecule has 1 unspecified atom stereocenters. The van der Waals surface area contributed by atoms with Gasteiger partial charge in [-0.15, -0.1) is 24.0 Å². The summed E-state index contributed by atoms with van der Waals surface area (Å²) in [6.45, 7) is 4.84. The quantitative estimate of drug-likeness (QED) is 0.301. The summed E-state index contributed by atoms with van der Waals surface area (Å²) in [6.07, 6.45) is 0. The lowest BCUT2D eigenvalue weighted by atomic mass is 10.2. The van der Waals surface area contributed by atoms with Crippen molar-refractivity contribution in [3.8, 4) is 11.5 Å². The van der Waals surface area contributed by atoms with Crippen LogP contribution in [0.15, 0.2) is 23.2 Å². The number of ether oxygens (including phenoxy) is 3. The molecular weight excluding hydrogens is 459 g/mol. The lowest BCUT2D eigenvalue weighted by molar-refractivity contribution is -0.0514. The van der Waals surface area contributed by atoms with Gasteiger partial charge in [-0.1, -0.05) is 6.07 Å². The van der Waals surface area contributed by atoms with Gasteiger partial charge < -0.3 is 24.8 Å². The molecule has 0 aromatic heterocycles. The summed E-state index contributed by atoms with van der Waals surface area (Å²) in [5, 5.41) is 6.37. The fourth-order valence-corrected chi connectivity index (χ4v) is 2.13. The molecule has 1 rings (SSSR count). The molecule has 0 bridgehead atoms. The molecule has 0 fully saturated rings. The highest BCUT2D eigenvalue weighted by molar-refractivity contribution is 14.0. The average molecular weight is 487 g/mol. The first-order chi connectivity index (χ1) is 12.0. The van der Waals surface area contributed by atoms with Crippen molar-refractivity contribution in [2.24, 2.45) is 4.99 Å². The number of nitrogens with zero attached hydrogens (tertiary/aromatic N) is 1. The van der Waals surface area contributed by atoms with E-state index < -0.39 is 6.61 Å². The first-order valence-electron chi connectivity index (χ1n) is 8.24. The number of alkyl halides is 2. The topological polar surface area (TPSA) is 64.1 Å². The van der Waals surface area contributed by atoms with Crippen molar-refractivity contribution in [3.63, 3.8) is 0 Å². The van der Waals surface area contributed by atoms with Gasteiger partial charge >= 0.3 is 6.61 Å². The van der Waals surface area contributed by atoms with Gasteiger partial charge in [0, 0.05) is 19.7 Å². The number of aliphatic imine (C=N–C) groups is 1. The molecule has 2 N–H and O–H groups in total. The molecule has 1 aromatic carbocycles. The van der Waals surface area contributed by atoms with Crippen molar-refractivity contribution in [2.45, 2.75) is 40.0 Å². The van der Waals surface area contributed by atoms with E-state index >= 15 is 0 Å². The second kappa shape index (κ2) is 13.8. The minimum absolute atomic E-state index is 0. The fraction of sp³-hybridized carbons (Fsp3) is 0.588. The van der Waals surface area contributed by atoms with E-state index in [-0.39, 0.29) is 41.5 Å². The predicted octanol–water partition coefficient (Wildman–Crippen LogP) is 3.39. The van der Waals surface area contributed by atoms with Gasteiger partial charge in [-0.25, -0.2) is 4.99 Å². The number of methoxy groups -OCH3 is 1. The average Bonchev–Trinajstić information content (AvgIpc) is 2.55. The highest BCUT2D eigenvalue weighted by atomic mass is 127. The largest absolute Gasteiger partial charge is 0.490 e. The third-order valence-electron chi connectivity index (χ3n) is 3.09. The van der Waals surface area contributed by atoms with Crippen molar-refractivity contribution >= 4 is 29.9 Å². The second-order valence-electron chi connectivity index (χ2n) is 5.29. The summed E-state index contributed by atoms with van der Waals surface area (Å²) in [7, 11) is 1.64. The summed E-state index contributed by atoms with van der Waals surface area (Å²) in [5.74, 6) is 0.947. The molecule has 1 aromatic rings. The molecule has 0 heterocycles. The summed E-state index contributed by atoms with van der Waals surface area (Å²) < 4.78 is 39.8. The Balaban J connectivity index is 0.00000625. The molecule has 0 radical (unpaired) electrons. The Morgan fingerprint density at radius 3 is 2.54 bits per heavy atom. The van der Waals surface area contributed by atoms with Crippen LogP contribution >= 0.6 is 24.0 Å². The first-order valence-corrected chi connectivity index (χ1v) is 8.24. The van der Waals surface area contributed by atoms with E-state index in [9.17, 15) is 8.78 Å². The van der Waals surface area contributed by atoms with Gasteiger partial charge in [0.15, 0.2) is 17.5 Å². The van der Waals surface area contributed by atoms with Gasteiger partial charge in [-0.3, -0.25) is 0 Å². The van der Waals surface area contributed by atoms with E-state index in [2.05, 4.69) is 20.4 Å². The zero-order valence-electron chi connectivity index (χ0n) is 15.6. The van der Waals surface area contributed by atoms with Crippen LogP contribution in [0.4, 0.5) is 8.78 Å². The van der Waals surface area contributed by atoms with Gasteiger partial charge in [0.2, 0.25) is 0 Å². The maximum absolute atomic E-state index is 12.4. The minimum atomic E-state index is -2.89. The number of hydrogen-bond acceptors (Lipinski definition) is 4. The molecule has 0 saturated carbocycles. The molecule has 0 aliphatic heterocycles. The highest BCUT2D eigenvalue weighted by Crippen LogP contribution is 2.30. The number of hydrogen-bond donors (Lipinski definition) is 2. The SMILES string of the molecule is CCNC(=NCc1ccc(OC(F)F)c(OCC)c1)NC(C)COC.I. The summed E-state index contributed by atoms with van der Waals surface area (Å²) >= 11 is 0. The number of halogens is 3. The molecule has 0 aliphatic rings. The van der Waals surface area contributed by atoms with Crippen LogP contribution < -0.4 is 20.1 Å². The summed E-state index contributed by atoms with van der Waals surface area (Å²) in [4.78, 5) is 4.49. The van der Waals surface area contributed by atoms with Crippen LogP contribution in [-0.2, 0) is 11.3 Å². The molecular formula is C17H28F2IN3O3. The maximum Gasteiger partial charge on any atom is 0.387 e. The third kappa shape index (κ3) is 9.37. The minimum Gasteiger partial charge on any atom is -0.490 e. The van der Waals surface area contributed by atoms with Crippen LogP contribution in [0.2, 0.25) is 0 Å². The molecule has 150 valence electrons. The number of nitrogens with one attached hydrogen (secondary N) is 2. The van der Waals surface area contributed by atoms with E-state index in [4.69, 9.17) is 9.47 Å². The molecule has 1 atom stereocenters. The van der Waals surface area contributed by atoms with E-state index in [1.807, 2.05) is 13.8 Å². The van der Waals surface area contributed by atoms with Crippen molar-refractivity contribution in [2.75, 3.05) is 26.9 Å². The van der Waals surface area contributed by atoms with Crippen molar-refractivity contribution in [1.29, 1.82) is 0 Å². The molecule has 9 heteroatoms. The van der Waals surface area contributed by atoms with Gasteiger partial charge in [0.1, 0.15) is 0 Å². The van der Waals surface area contributed by atoms with Crippen molar-refractivity contribution in [1.82, 2.24) is 10.6 Å². The monoisotopic (exact) mass is 487 g/mol. The molecule has 0 amide bonds. The van der Waals surface area contributed by atoms with Gasteiger partial charge in [-0.05, 0) is 38.5 Å². The summed E-state index contributed by atoms with van der Waals surface area (Å²) in [5.41, 5.74) is 0.821. The maximum atomic E-state index is 12.4. The second-order valence-corrected chi connectivity index (χ2v) is 5.29. The number of rotatable bonds is 10. The van der Waals surface area contributed by atoms with E-state index in [0.717, 1.165) is 12.1 Å². The molecule has 0 spiro atoms. The zero-order chi connectivity index (χ0) is 18.7. The standard InChI is InChI=1S/C17H27F2N3O3.HI/c1-5-20-17(22-12(3)11-23-4)21-10-13-7-8-14(25-16(18)19)15(9-13)24-6-2;/h7-9,12,16H,5-6,10-11H2,1-4H3,(H2,20,21,22);1H. The third-order valence-corrected chi connectivity index (χ3v) is 3.09. The first kappa shape index (κ1) is 24.6. The molecule has 0 saturated heterocycles. The Hall–Kier alpha value is -1.36. The highest BCUT2D eigenvalue weighted by Gasteiger charge is 2.12. The van der Waals surface area contributed by atoms with Crippen molar-refractivity contribution in [3.05, 3.63) is 23.8 Å². The smallest absolute Gasteiger partial charge is 0.387 e. The van der Waals surface area contributed by atoms with E-state index in [1.165, 1.54) is 6.07 Å². The molecule has 26 heavy (non-hydrogen) atoms. The Kier molecular flexibility index (Phi) is 13.1. The Bertz CT molecular complexity index is 548. The van der Waals surface area contributed by atoms with Crippen molar-refractivity contribution < 1.29 is 23.0 Å². The normalized spacial score (nSPS) is 12.3. The van der Waals surface area contributed by atoms with Crippen LogP contribution in [0.5, 0.6) is 11.5 Å². The molecule has 6 nitrogen and oxygen atoms in total. The fourth-order valence-electron chi connectivity index (χ4n) is 2.13.